The van der Waals surface area contributed by atoms with Crippen LogP contribution in [0.15, 0.2) is 109 Å². The molecule has 6 nitrogen and oxygen atoms in total. The summed E-state index contributed by atoms with van der Waals surface area (Å²) in [5, 5.41) is 0. The van der Waals surface area contributed by atoms with Crippen molar-refractivity contribution in [2.45, 2.75) is 88.1 Å². The lowest BCUT2D eigenvalue weighted by molar-refractivity contribution is -0.690. The van der Waals surface area contributed by atoms with Gasteiger partial charge in [-0.3, -0.25) is 4.98 Å². The van der Waals surface area contributed by atoms with E-state index in [1.54, 1.807) is 12.4 Å². The first kappa shape index (κ1) is 63.9. The Labute approximate surface area is 434 Å². The zero-order valence-electron chi connectivity index (χ0n) is 40.2. The van der Waals surface area contributed by atoms with Crippen LogP contribution in [0.3, 0.4) is 0 Å². The maximum atomic E-state index is 14.2. The normalized spacial score (nSPS) is 14.5. The molecule has 1 fully saturated rings. The van der Waals surface area contributed by atoms with E-state index in [9.17, 15) is 115 Å². The van der Waals surface area contributed by atoms with Crippen LogP contribution < -0.4 is 26.4 Å². The van der Waals surface area contributed by atoms with E-state index in [0.717, 1.165) is 31.3 Å². The van der Waals surface area contributed by atoms with Crippen LogP contribution in [0.1, 0.15) is 76.6 Å². The highest BCUT2D eigenvalue weighted by Gasteiger charge is 2.47. The van der Waals surface area contributed by atoms with Crippen LogP contribution in [-0.4, -0.2) is 37.3 Å². The third-order valence-corrected chi connectivity index (χ3v) is 12.7. The molecule has 0 amide bonds. The van der Waals surface area contributed by atoms with Crippen LogP contribution in [0.5, 0.6) is 0 Å². The Morgan fingerprint density at radius 1 is 0.425 bits per heavy atom. The van der Waals surface area contributed by atoms with Crippen LogP contribution in [0.2, 0.25) is 0 Å². The third kappa shape index (κ3) is 14.9. The first-order valence-electron chi connectivity index (χ1n) is 22.5. The van der Waals surface area contributed by atoms with Gasteiger partial charge in [-0.1, -0.05) is 67.8 Å². The number of allylic oxidation sites excluding steroid dienone is 1. The fourth-order valence-electron chi connectivity index (χ4n) is 9.13. The number of halogens is 24. The van der Waals surface area contributed by atoms with Crippen molar-refractivity contribution >= 4 is 39.9 Å². The van der Waals surface area contributed by atoms with E-state index in [0.29, 0.717) is 6.54 Å². The Kier molecular flexibility index (Phi) is 18.3. The van der Waals surface area contributed by atoms with Gasteiger partial charge in [0.1, 0.15) is 6.15 Å². The number of alkyl halides is 24. The highest BCUT2D eigenvalue weighted by Crippen LogP contribution is 2.42. The molecule has 0 unspecified atom stereocenters. The van der Waals surface area contributed by atoms with E-state index >= 15 is 0 Å². The fourth-order valence-corrected chi connectivity index (χ4v) is 9.13. The van der Waals surface area contributed by atoms with Gasteiger partial charge in [-0.05, 0) is 43.0 Å². The quantitative estimate of drug-likeness (QED) is 0.0280. The third-order valence-electron chi connectivity index (χ3n) is 12.7. The highest BCUT2D eigenvalue weighted by molar-refractivity contribution is 7.20. The average Bonchev–Trinajstić information content (AvgIpc) is 3.34. The first-order chi connectivity index (χ1) is 36.4. The van der Waals surface area contributed by atoms with Crippen molar-refractivity contribution in [3.8, 4) is 0 Å². The fraction of sp³-hybridized carbons (Fsp3) is 0.347. The Morgan fingerprint density at radius 2 is 0.662 bits per heavy atom. The number of nitrogens with zero attached hydrogens (tertiary/aromatic N) is 2. The van der Waals surface area contributed by atoms with Crippen molar-refractivity contribution in [2.75, 3.05) is 14.2 Å². The topological polar surface area (TPSA) is 69.4 Å². The van der Waals surface area contributed by atoms with Gasteiger partial charge in [0.25, 0.3) is 0 Å². The minimum atomic E-state index is -6.13. The lowest BCUT2D eigenvalue weighted by Crippen LogP contribution is -2.75. The molecule has 4 aromatic carbocycles. The lowest BCUT2D eigenvalue weighted by atomic mass is 9.12. The number of benzene rings is 4. The zero-order chi connectivity index (χ0) is 60.6. The standard InChI is InChI=1S/C32H12BF24.C17H23N2O4/c34-25(35,36)13-1-14(26(37,38)39)6-21(5-13)33(22-7-15(27(40,41)42)2-16(8-22)28(43,44)45,23-9-17(29(46,47)48)3-18(10-23)30(49,50)51)24-11-19(31(52,53)54)4-20(12-24)32(55,56)57;1-22-16(20)15(17(21)23-2)14(13-6-4-3-5-7-13)12-19-10-8-18-9-11-19/h1-12H;8-11,13H,3-7,12H2,1-2H3/q-1;+1. The van der Waals surface area contributed by atoms with Crippen LogP contribution in [0.25, 0.3) is 0 Å². The molecule has 0 radical (unpaired) electrons. The number of methoxy groups -OCH3 is 2. The minimum Gasteiger partial charge on any atom is -0.465 e. The summed E-state index contributed by atoms with van der Waals surface area (Å²) in [6.07, 6.45) is -42.5. The van der Waals surface area contributed by atoms with Gasteiger partial charge in [-0.2, -0.15) is 132 Å². The molecule has 1 aromatic heterocycles. The van der Waals surface area contributed by atoms with Gasteiger partial charge < -0.3 is 9.47 Å². The molecule has 5 aromatic rings. The summed E-state index contributed by atoms with van der Waals surface area (Å²) in [6, 6.07) is -8.81. The van der Waals surface area contributed by atoms with E-state index in [2.05, 4.69) is 4.98 Å². The molecule has 1 aliphatic rings. The Bertz CT molecular complexity index is 2620. The van der Waals surface area contributed by atoms with E-state index in [1.165, 1.54) is 20.6 Å². The van der Waals surface area contributed by atoms with Gasteiger partial charge in [0.2, 0.25) is 0 Å². The number of rotatable bonds is 9. The minimum absolute atomic E-state index is 0.0335. The van der Waals surface area contributed by atoms with Crippen LogP contribution in [0.4, 0.5) is 105 Å². The Morgan fingerprint density at radius 3 is 0.875 bits per heavy atom. The number of esters is 2. The molecule has 0 bridgehead atoms. The predicted octanol–water partition coefficient (Wildman–Crippen LogP) is 12.8. The van der Waals surface area contributed by atoms with Gasteiger partial charge in [0.15, 0.2) is 24.5 Å². The maximum absolute atomic E-state index is 14.2. The Hall–Kier alpha value is -6.98. The van der Waals surface area contributed by atoms with E-state index in [-0.39, 0.29) is 11.5 Å². The van der Waals surface area contributed by atoms with Crippen molar-refractivity contribution in [3.63, 3.8) is 0 Å². The summed E-state index contributed by atoms with van der Waals surface area (Å²) in [6.45, 7) is 0.451. The molecule has 80 heavy (non-hydrogen) atoms. The SMILES string of the molecule is COC(=O)C(C(=O)OC)=C(C[n+]1ccncc1)C1CCCCC1.FC(F)(F)c1cc([B-](c2cc(C(F)(F)F)cc(C(F)(F)F)c2)(c2cc(C(F)(F)F)cc(C(F)(F)F)c2)c2cc(C(F)(F)F)cc(C(F)(F)F)c2)cc(C(F)(F)F)c1. The smallest absolute Gasteiger partial charge is 0.416 e. The molecule has 6 rings (SSSR count). The van der Waals surface area contributed by atoms with Crippen molar-refractivity contribution in [1.82, 2.24) is 4.98 Å². The van der Waals surface area contributed by atoms with Crippen LogP contribution in [-0.2, 0) is 75.0 Å². The molecule has 31 heteroatoms. The summed E-state index contributed by atoms with van der Waals surface area (Å²) in [7, 11) is 2.56. The van der Waals surface area contributed by atoms with E-state index in [4.69, 9.17) is 9.47 Å². The van der Waals surface area contributed by atoms with Gasteiger partial charge in [-0.25, -0.2) is 9.59 Å². The van der Waals surface area contributed by atoms with Crippen molar-refractivity contribution in [3.05, 3.63) is 153 Å². The second kappa shape index (κ2) is 22.9. The lowest BCUT2D eigenvalue weighted by Gasteiger charge is -2.46. The van der Waals surface area contributed by atoms with Crippen LogP contribution in [0, 0.1) is 5.92 Å². The van der Waals surface area contributed by atoms with Crippen molar-refractivity contribution < 1.29 is 129 Å². The summed E-state index contributed by atoms with van der Waals surface area (Å²) in [4.78, 5) is 28.4. The Balaban J connectivity index is 0.000000424. The molecule has 436 valence electrons. The van der Waals surface area contributed by atoms with Gasteiger partial charge in [0, 0.05) is 5.57 Å². The molecule has 0 spiro atoms. The number of carbonyl (C=O) groups is 2. The molecule has 0 atom stereocenters. The maximum Gasteiger partial charge on any atom is 0.416 e. The number of ether oxygens (including phenoxy) is 2. The summed E-state index contributed by atoms with van der Waals surface area (Å²) in [5.74, 6) is -1.07. The molecular weight excluding hydrogens is 1150 g/mol. The molecule has 0 saturated heterocycles. The van der Waals surface area contributed by atoms with Gasteiger partial charge in [0.05, 0.1) is 71.1 Å². The average molecular weight is 1180 g/mol. The summed E-state index contributed by atoms with van der Waals surface area (Å²) >= 11 is 0. The predicted molar refractivity (Wildman–Crippen MR) is 232 cm³/mol. The summed E-state index contributed by atoms with van der Waals surface area (Å²) in [5.41, 5.74) is -29.4. The molecule has 1 aliphatic carbocycles. The molecule has 1 saturated carbocycles. The van der Waals surface area contributed by atoms with E-state index < -0.39 is 207 Å². The highest BCUT2D eigenvalue weighted by atomic mass is 19.4. The van der Waals surface area contributed by atoms with Crippen LogP contribution >= 0.6 is 0 Å². The zero-order valence-corrected chi connectivity index (χ0v) is 40.2. The largest absolute Gasteiger partial charge is 0.465 e. The van der Waals surface area contributed by atoms with Gasteiger partial charge in [-0.15, -0.1) is 0 Å². The number of aromatic nitrogens is 2. The monoisotopic (exact) mass is 1180 g/mol. The number of carbonyl (C=O) groups excluding carboxylic acids is 2. The summed E-state index contributed by atoms with van der Waals surface area (Å²) < 4.78 is 352. The second-order valence-corrected chi connectivity index (χ2v) is 17.9. The molecule has 0 N–H and O–H groups in total. The molecule has 1 heterocycles. The first-order valence-corrected chi connectivity index (χ1v) is 22.5. The van der Waals surface area contributed by atoms with Gasteiger partial charge >= 0.3 is 61.3 Å². The van der Waals surface area contributed by atoms with E-state index in [1.807, 2.05) is 17.0 Å². The molecule has 0 aliphatic heterocycles. The molecular formula is C49H35BF24N2O4. The number of hydrogen-bond donors (Lipinski definition) is 0. The second-order valence-electron chi connectivity index (χ2n) is 17.9. The van der Waals surface area contributed by atoms with Crippen molar-refractivity contribution in [1.29, 1.82) is 0 Å². The van der Waals surface area contributed by atoms with Crippen molar-refractivity contribution in [2.24, 2.45) is 5.92 Å². The number of hydrogen-bond acceptors (Lipinski definition) is 5.